The molecule has 2 aromatic heterocycles. The van der Waals surface area contributed by atoms with Crippen LogP contribution in [0.2, 0.25) is 0 Å². The molecule has 0 saturated heterocycles. The number of nitrogens with one attached hydrogen (secondary N) is 1. The van der Waals surface area contributed by atoms with Crippen LogP contribution in [0.25, 0.3) is 11.5 Å². The SMILES string of the molecule is Cc1ccc(-c2ccc(NC3CC3C(=O)O)nn2)o1. The number of aromatic nitrogens is 2. The molecule has 1 aliphatic carbocycles. The van der Waals surface area contributed by atoms with Crippen LogP contribution in [0.4, 0.5) is 5.82 Å². The number of aliphatic carboxylic acids is 1. The molecule has 0 aliphatic heterocycles. The zero-order chi connectivity index (χ0) is 13.4. The lowest BCUT2D eigenvalue weighted by atomic mass is 10.3. The van der Waals surface area contributed by atoms with E-state index in [9.17, 15) is 4.79 Å². The first-order chi connectivity index (χ1) is 9.13. The lowest BCUT2D eigenvalue weighted by molar-refractivity contribution is -0.138. The van der Waals surface area contributed by atoms with Crippen LogP contribution in [0.15, 0.2) is 28.7 Å². The summed E-state index contributed by atoms with van der Waals surface area (Å²) in [6.07, 6.45) is 0.635. The summed E-state index contributed by atoms with van der Waals surface area (Å²) in [5, 5.41) is 19.9. The number of carboxylic acids is 1. The summed E-state index contributed by atoms with van der Waals surface area (Å²) in [6, 6.07) is 7.24. The van der Waals surface area contributed by atoms with Crippen molar-refractivity contribution in [3.05, 3.63) is 30.0 Å². The van der Waals surface area contributed by atoms with Crippen LogP contribution in [-0.2, 0) is 4.79 Å². The number of hydrogen-bond acceptors (Lipinski definition) is 5. The second-order valence-electron chi connectivity index (χ2n) is 4.65. The van der Waals surface area contributed by atoms with E-state index in [4.69, 9.17) is 9.52 Å². The fourth-order valence-corrected chi connectivity index (χ4v) is 1.93. The third-order valence-corrected chi connectivity index (χ3v) is 3.10. The van der Waals surface area contributed by atoms with Crippen molar-refractivity contribution in [2.45, 2.75) is 19.4 Å². The number of aryl methyl sites for hydroxylation is 1. The highest BCUT2D eigenvalue weighted by molar-refractivity contribution is 5.75. The van der Waals surface area contributed by atoms with Crippen molar-refractivity contribution in [1.29, 1.82) is 0 Å². The van der Waals surface area contributed by atoms with E-state index in [0.717, 1.165) is 5.76 Å². The quantitative estimate of drug-likeness (QED) is 0.872. The molecule has 6 heteroatoms. The molecule has 2 aromatic rings. The van der Waals surface area contributed by atoms with Crippen molar-refractivity contribution in [3.8, 4) is 11.5 Å². The largest absolute Gasteiger partial charge is 0.481 e. The standard InChI is InChI=1S/C13H13N3O3/c1-7-2-4-11(19-7)9-3-5-12(16-15-9)14-10-6-8(10)13(17)18/h2-5,8,10H,6H2,1H3,(H,14,16)(H,17,18). The van der Waals surface area contributed by atoms with Crippen molar-refractivity contribution < 1.29 is 14.3 Å². The minimum absolute atomic E-state index is 0.0384. The summed E-state index contributed by atoms with van der Waals surface area (Å²) in [5.41, 5.74) is 0.657. The molecule has 98 valence electrons. The summed E-state index contributed by atoms with van der Waals surface area (Å²) in [5.74, 6) is 0.996. The number of nitrogens with zero attached hydrogens (tertiary/aromatic N) is 2. The second kappa shape index (κ2) is 4.38. The third-order valence-electron chi connectivity index (χ3n) is 3.10. The number of rotatable bonds is 4. The molecule has 0 spiro atoms. The lowest BCUT2D eigenvalue weighted by Gasteiger charge is -2.03. The van der Waals surface area contributed by atoms with Crippen LogP contribution in [0, 0.1) is 12.8 Å². The highest BCUT2D eigenvalue weighted by Gasteiger charge is 2.43. The molecule has 0 radical (unpaired) electrons. The van der Waals surface area contributed by atoms with Crippen molar-refractivity contribution in [2.24, 2.45) is 5.92 Å². The van der Waals surface area contributed by atoms with Crippen LogP contribution in [-0.4, -0.2) is 27.3 Å². The van der Waals surface area contributed by atoms with Crippen LogP contribution < -0.4 is 5.32 Å². The zero-order valence-electron chi connectivity index (χ0n) is 10.3. The van der Waals surface area contributed by atoms with Crippen molar-refractivity contribution in [1.82, 2.24) is 10.2 Å². The van der Waals surface area contributed by atoms with Crippen LogP contribution in [0.3, 0.4) is 0 Å². The number of hydrogen-bond donors (Lipinski definition) is 2. The maximum atomic E-state index is 10.7. The summed E-state index contributed by atoms with van der Waals surface area (Å²) in [6.45, 7) is 1.87. The fraction of sp³-hybridized carbons (Fsp3) is 0.308. The average Bonchev–Trinajstić information content (AvgIpc) is 3.03. The highest BCUT2D eigenvalue weighted by atomic mass is 16.4. The Morgan fingerprint density at radius 2 is 2.21 bits per heavy atom. The van der Waals surface area contributed by atoms with Crippen molar-refractivity contribution >= 4 is 11.8 Å². The first-order valence-electron chi connectivity index (χ1n) is 6.03. The Morgan fingerprint density at radius 1 is 1.37 bits per heavy atom. The van der Waals surface area contributed by atoms with Gasteiger partial charge in [-0.3, -0.25) is 4.79 Å². The van der Waals surface area contributed by atoms with Gasteiger partial charge in [0.15, 0.2) is 5.76 Å². The van der Waals surface area contributed by atoms with Gasteiger partial charge in [-0.2, -0.15) is 0 Å². The predicted molar refractivity (Wildman–Crippen MR) is 67.6 cm³/mol. The van der Waals surface area contributed by atoms with Crippen molar-refractivity contribution in [3.63, 3.8) is 0 Å². The molecule has 2 N–H and O–H groups in total. The Balaban J connectivity index is 1.68. The maximum Gasteiger partial charge on any atom is 0.308 e. The molecule has 6 nitrogen and oxygen atoms in total. The highest BCUT2D eigenvalue weighted by Crippen LogP contribution is 2.33. The Kier molecular flexibility index (Phi) is 2.70. The summed E-state index contributed by atoms with van der Waals surface area (Å²) >= 11 is 0. The third kappa shape index (κ3) is 2.42. The van der Waals surface area contributed by atoms with Gasteiger partial charge in [-0.1, -0.05) is 0 Å². The predicted octanol–water partition coefficient (Wildman–Crippen LogP) is 1.93. The number of anilines is 1. The lowest BCUT2D eigenvalue weighted by Crippen LogP contribution is -2.11. The molecule has 1 saturated carbocycles. The van der Waals surface area contributed by atoms with Gasteiger partial charge in [0.1, 0.15) is 17.3 Å². The molecule has 1 aliphatic rings. The van der Waals surface area contributed by atoms with Crippen LogP contribution in [0.5, 0.6) is 0 Å². The van der Waals surface area contributed by atoms with Gasteiger partial charge in [-0.05, 0) is 37.6 Å². The molecule has 0 aromatic carbocycles. The van der Waals surface area contributed by atoms with Gasteiger partial charge in [-0.15, -0.1) is 10.2 Å². The Labute approximate surface area is 109 Å². The van der Waals surface area contributed by atoms with E-state index in [0.29, 0.717) is 23.7 Å². The van der Waals surface area contributed by atoms with Crippen molar-refractivity contribution in [2.75, 3.05) is 5.32 Å². The van der Waals surface area contributed by atoms with Gasteiger partial charge < -0.3 is 14.8 Å². The van der Waals surface area contributed by atoms with E-state index >= 15 is 0 Å². The van der Waals surface area contributed by atoms with Crippen LogP contribution >= 0.6 is 0 Å². The molecule has 2 heterocycles. The van der Waals surface area contributed by atoms with E-state index in [1.807, 2.05) is 19.1 Å². The summed E-state index contributed by atoms with van der Waals surface area (Å²) < 4.78 is 5.45. The van der Waals surface area contributed by atoms with Gasteiger partial charge in [0.2, 0.25) is 0 Å². The first-order valence-corrected chi connectivity index (χ1v) is 6.03. The van der Waals surface area contributed by atoms with E-state index in [-0.39, 0.29) is 12.0 Å². The zero-order valence-corrected chi connectivity index (χ0v) is 10.3. The van der Waals surface area contributed by atoms with E-state index < -0.39 is 5.97 Å². The van der Waals surface area contributed by atoms with Crippen LogP contribution in [0.1, 0.15) is 12.2 Å². The number of carboxylic acid groups (broad SMARTS) is 1. The van der Waals surface area contributed by atoms with Gasteiger partial charge in [0.05, 0.1) is 5.92 Å². The molecule has 0 bridgehead atoms. The number of furan rings is 1. The molecule has 1 fully saturated rings. The molecule has 19 heavy (non-hydrogen) atoms. The van der Waals surface area contributed by atoms with Gasteiger partial charge >= 0.3 is 5.97 Å². The summed E-state index contributed by atoms with van der Waals surface area (Å²) in [7, 11) is 0. The van der Waals surface area contributed by atoms with Gasteiger partial charge in [0.25, 0.3) is 0 Å². The molecular formula is C13H13N3O3. The fourth-order valence-electron chi connectivity index (χ4n) is 1.93. The van der Waals surface area contributed by atoms with Gasteiger partial charge in [0, 0.05) is 6.04 Å². The second-order valence-corrected chi connectivity index (χ2v) is 4.65. The smallest absolute Gasteiger partial charge is 0.308 e. The minimum Gasteiger partial charge on any atom is -0.481 e. The number of carbonyl (C=O) groups is 1. The Morgan fingerprint density at radius 3 is 2.74 bits per heavy atom. The van der Waals surface area contributed by atoms with E-state index in [1.165, 1.54) is 0 Å². The maximum absolute atomic E-state index is 10.7. The summed E-state index contributed by atoms with van der Waals surface area (Å²) in [4.78, 5) is 10.7. The first kappa shape index (κ1) is 11.7. The Hall–Kier alpha value is -2.37. The molecule has 3 rings (SSSR count). The molecular weight excluding hydrogens is 246 g/mol. The van der Waals surface area contributed by atoms with E-state index in [1.54, 1.807) is 12.1 Å². The molecule has 0 amide bonds. The minimum atomic E-state index is -0.770. The average molecular weight is 259 g/mol. The van der Waals surface area contributed by atoms with Gasteiger partial charge in [-0.25, -0.2) is 0 Å². The Bertz CT molecular complexity index is 606. The molecule has 2 atom stereocenters. The molecule has 2 unspecified atom stereocenters. The normalized spacial score (nSPS) is 21.1. The topological polar surface area (TPSA) is 88.2 Å². The monoisotopic (exact) mass is 259 g/mol. The van der Waals surface area contributed by atoms with E-state index in [2.05, 4.69) is 15.5 Å².